The molecule has 2 heteroatoms. The molecule has 0 aromatic carbocycles. The average Bonchev–Trinajstić information content (AvgIpc) is 2.14. The van der Waals surface area contributed by atoms with Gasteiger partial charge in [0, 0.05) is 19.5 Å². The summed E-state index contributed by atoms with van der Waals surface area (Å²) in [6, 6.07) is 0. The molecule has 1 rings (SSSR count). The summed E-state index contributed by atoms with van der Waals surface area (Å²) in [6.07, 6.45) is 6.96. The Morgan fingerprint density at radius 3 is 3.08 bits per heavy atom. The van der Waals surface area contributed by atoms with Crippen LogP contribution in [0.4, 0.5) is 0 Å². The summed E-state index contributed by atoms with van der Waals surface area (Å²) in [5, 5.41) is 3.26. The lowest BCUT2D eigenvalue weighted by Gasteiger charge is -2.14. The molecule has 1 heterocycles. The third-order valence-electron chi connectivity index (χ3n) is 2.06. The highest BCUT2D eigenvalue weighted by molar-refractivity contribution is 4.98. The fraction of sp³-hybridized carbons (Fsp3) is 0.800. The van der Waals surface area contributed by atoms with Crippen molar-refractivity contribution in [1.29, 1.82) is 0 Å². The van der Waals surface area contributed by atoms with Crippen molar-refractivity contribution in [2.45, 2.75) is 32.6 Å². The first kappa shape index (κ1) is 9.59. The molecule has 0 saturated carbocycles. The van der Waals surface area contributed by atoms with E-state index < -0.39 is 0 Å². The fourth-order valence-electron chi connectivity index (χ4n) is 1.29. The van der Waals surface area contributed by atoms with Gasteiger partial charge in [0.15, 0.2) is 0 Å². The normalized spacial score (nSPS) is 17.2. The molecule has 0 spiro atoms. The lowest BCUT2D eigenvalue weighted by molar-refractivity contribution is 0.191. The number of hydrogen-bond acceptors (Lipinski definition) is 2. The lowest BCUT2D eigenvalue weighted by Crippen LogP contribution is -2.21. The van der Waals surface area contributed by atoms with Crippen LogP contribution in [0.5, 0.6) is 0 Å². The van der Waals surface area contributed by atoms with Gasteiger partial charge in [-0.3, -0.25) is 0 Å². The van der Waals surface area contributed by atoms with E-state index in [0.29, 0.717) is 0 Å². The van der Waals surface area contributed by atoms with Crippen LogP contribution in [-0.2, 0) is 4.74 Å². The van der Waals surface area contributed by atoms with Crippen LogP contribution in [0.2, 0.25) is 0 Å². The minimum atomic E-state index is 0.902. The van der Waals surface area contributed by atoms with E-state index in [1.165, 1.54) is 25.0 Å². The van der Waals surface area contributed by atoms with E-state index in [0.717, 1.165) is 26.1 Å². The smallest absolute Gasteiger partial charge is 0.0945 e. The largest absolute Gasteiger partial charge is 0.498 e. The molecule has 0 radical (unpaired) electrons. The highest BCUT2D eigenvalue weighted by atomic mass is 16.5. The first-order valence-corrected chi connectivity index (χ1v) is 4.96. The molecule has 0 fully saturated rings. The molecule has 0 aromatic heterocycles. The summed E-state index contributed by atoms with van der Waals surface area (Å²) in [5.41, 5.74) is 0. The molecular formula is C10H19NO. The Hall–Kier alpha value is -0.500. The Bertz CT molecular complexity index is 143. The Balaban J connectivity index is 2.01. The molecule has 0 saturated heterocycles. The van der Waals surface area contributed by atoms with E-state index in [2.05, 4.69) is 18.3 Å². The number of unbranched alkanes of at least 4 members (excludes halogenated alkanes) is 2. The van der Waals surface area contributed by atoms with Crippen molar-refractivity contribution in [2.75, 3.05) is 19.7 Å². The molecule has 0 amide bonds. The predicted octanol–water partition coefficient (Wildman–Crippen LogP) is 2.07. The maximum Gasteiger partial charge on any atom is 0.0945 e. The molecule has 0 atom stereocenters. The molecule has 2 nitrogen and oxygen atoms in total. The second-order valence-electron chi connectivity index (χ2n) is 3.18. The molecule has 0 aliphatic carbocycles. The summed E-state index contributed by atoms with van der Waals surface area (Å²) in [7, 11) is 0. The van der Waals surface area contributed by atoms with Gasteiger partial charge in [0.25, 0.3) is 0 Å². The number of ether oxygens (including phenoxy) is 1. The van der Waals surface area contributed by atoms with Crippen molar-refractivity contribution in [3.8, 4) is 0 Å². The molecule has 1 aliphatic heterocycles. The Morgan fingerprint density at radius 1 is 1.50 bits per heavy atom. The molecule has 12 heavy (non-hydrogen) atoms. The van der Waals surface area contributed by atoms with Gasteiger partial charge in [-0.2, -0.15) is 0 Å². The van der Waals surface area contributed by atoms with Crippen molar-refractivity contribution < 1.29 is 4.74 Å². The summed E-state index contributed by atoms with van der Waals surface area (Å²) in [5.74, 6) is 1.19. The fourth-order valence-corrected chi connectivity index (χ4v) is 1.29. The van der Waals surface area contributed by atoms with Crippen LogP contribution < -0.4 is 5.32 Å². The third-order valence-corrected chi connectivity index (χ3v) is 2.06. The Kier molecular flexibility index (Phi) is 4.85. The van der Waals surface area contributed by atoms with Crippen molar-refractivity contribution in [3.05, 3.63) is 11.8 Å². The Morgan fingerprint density at radius 2 is 2.42 bits per heavy atom. The van der Waals surface area contributed by atoms with Crippen LogP contribution in [-0.4, -0.2) is 19.7 Å². The zero-order chi connectivity index (χ0) is 8.65. The SMILES string of the molecule is CCCCCOC1=CCNCC1. The second-order valence-corrected chi connectivity index (χ2v) is 3.18. The van der Waals surface area contributed by atoms with Crippen LogP contribution in [0.15, 0.2) is 11.8 Å². The quantitative estimate of drug-likeness (QED) is 0.636. The molecule has 70 valence electrons. The number of hydrogen-bond donors (Lipinski definition) is 1. The van der Waals surface area contributed by atoms with E-state index in [-0.39, 0.29) is 0 Å². The van der Waals surface area contributed by atoms with Crippen molar-refractivity contribution in [3.63, 3.8) is 0 Å². The van der Waals surface area contributed by atoms with E-state index in [1.54, 1.807) is 0 Å². The van der Waals surface area contributed by atoms with E-state index in [9.17, 15) is 0 Å². The highest BCUT2D eigenvalue weighted by Gasteiger charge is 2.02. The first-order chi connectivity index (χ1) is 5.93. The Labute approximate surface area is 75.0 Å². The van der Waals surface area contributed by atoms with Crippen LogP contribution in [0.3, 0.4) is 0 Å². The van der Waals surface area contributed by atoms with Crippen molar-refractivity contribution in [1.82, 2.24) is 5.32 Å². The van der Waals surface area contributed by atoms with Gasteiger partial charge >= 0.3 is 0 Å². The minimum absolute atomic E-state index is 0.902. The summed E-state index contributed by atoms with van der Waals surface area (Å²) >= 11 is 0. The maximum absolute atomic E-state index is 5.61. The minimum Gasteiger partial charge on any atom is -0.498 e. The topological polar surface area (TPSA) is 21.3 Å². The molecular weight excluding hydrogens is 150 g/mol. The van der Waals surface area contributed by atoms with Gasteiger partial charge in [0.05, 0.1) is 12.4 Å². The summed E-state index contributed by atoms with van der Waals surface area (Å²) < 4.78 is 5.61. The lowest BCUT2D eigenvalue weighted by atomic mass is 10.2. The third kappa shape index (κ3) is 3.77. The standard InChI is InChI=1S/C10H19NO/c1-2-3-4-9-12-10-5-7-11-8-6-10/h5,11H,2-4,6-9H2,1H3. The molecule has 0 aromatic rings. The van der Waals surface area contributed by atoms with Gasteiger partial charge < -0.3 is 10.1 Å². The van der Waals surface area contributed by atoms with Crippen molar-refractivity contribution >= 4 is 0 Å². The second kappa shape index (κ2) is 6.06. The van der Waals surface area contributed by atoms with E-state index in [4.69, 9.17) is 4.74 Å². The van der Waals surface area contributed by atoms with Gasteiger partial charge in [-0.15, -0.1) is 0 Å². The van der Waals surface area contributed by atoms with Crippen LogP contribution >= 0.6 is 0 Å². The van der Waals surface area contributed by atoms with Crippen LogP contribution in [0.25, 0.3) is 0 Å². The monoisotopic (exact) mass is 169 g/mol. The van der Waals surface area contributed by atoms with Gasteiger partial charge in [0.2, 0.25) is 0 Å². The van der Waals surface area contributed by atoms with E-state index in [1.807, 2.05) is 0 Å². The molecule has 1 aliphatic rings. The van der Waals surface area contributed by atoms with E-state index >= 15 is 0 Å². The van der Waals surface area contributed by atoms with Gasteiger partial charge in [-0.1, -0.05) is 19.8 Å². The van der Waals surface area contributed by atoms with Crippen molar-refractivity contribution in [2.24, 2.45) is 0 Å². The van der Waals surface area contributed by atoms with Crippen LogP contribution in [0.1, 0.15) is 32.6 Å². The average molecular weight is 169 g/mol. The van der Waals surface area contributed by atoms with Gasteiger partial charge in [-0.05, 0) is 12.5 Å². The molecule has 0 unspecified atom stereocenters. The maximum atomic E-state index is 5.61. The summed E-state index contributed by atoms with van der Waals surface area (Å²) in [4.78, 5) is 0. The molecule has 1 N–H and O–H groups in total. The summed E-state index contributed by atoms with van der Waals surface area (Å²) in [6.45, 7) is 5.16. The van der Waals surface area contributed by atoms with Gasteiger partial charge in [0.1, 0.15) is 0 Å². The predicted molar refractivity (Wildman–Crippen MR) is 51.0 cm³/mol. The van der Waals surface area contributed by atoms with Crippen LogP contribution in [0, 0.1) is 0 Å². The number of nitrogens with one attached hydrogen (secondary N) is 1. The molecule has 0 bridgehead atoms. The zero-order valence-corrected chi connectivity index (χ0v) is 7.94. The number of rotatable bonds is 5. The van der Waals surface area contributed by atoms with Gasteiger partial charge in [-0.25, -0.2) is 0 Å². The zero-order valence-electron chi connectivity index (χ0n) is 7.94. The first-order valence-electron chi connectivity index (χ1n) is 4.96. The highest BCUT2D eigenvalue weighted by Crippen LogP contribution is 2.07.